The summed E-state index contributed by atoms with van der Waals surface area (Å²) >= 11 is 0. The second-order valence-corrected chi connectivity index (χ2v) is 4.08. The van der Waals surface area contributed by atoms with Crippen molar-refractivity contribution in [2.45, 2.75) is 26.0 Å². The van der Waals surface area contributed by atoms with E-state index in [-0.39, 0.29) is 17.7 Å². The lowest BCUT2D eigenvalue weighted by Crippen LogP contribution is -2.41. The van der Waals surface area contributed by atoms with Crippen LogP contribution in [0.2, 0.25) is 0 Å². The van der Waals surface area contributed by atoms with Crippen molar-refractivity contribution >= 4 is 11.9 Å². The van der Waals surface area contributed by atoms with Gasteiger partial charge in [0, 0.05) is 12.6 Å². The summed E-state index contributed by atoms with van der Waals surface area (Å²) in [6.07, 6.45) is 0.268. The number of nitrogens with zero attached hydrogens (tertiary/aromatic N) is 1. The van der Waals surface area contributed by atoms with Crippen LogP contribution in [0, 0.1) is 0 Å². The number of amides is 1. The molecule has 0 saturated heterocycles. The van der Waals surface area contributed by atoms with Gasteiger partial charge in [-0.15, -0.1) is 0 Å². The van der Waals surface area contributed by atoms with Crippen molar-refractivity contribution in [1.29, 1.82) is 0 Å². The number of alkyl halides is 2. The minimum Gasteiger partial charge on any atom is -0.480 e. The number of halogens is 2. The summed E-state index contributed by atoms with van der Waals surface area (Å²) in [5.41, 5.74) is 0.203. The number of benzene rings is 1. The van der Waals surface area contributed by atoms with Crippen LogP contribution in [0.5, 0.6) is 5.75 Å². The molecular formula is C13H15F2NO4. The Morgan fingerprint density at radius 3 is 2.25 bits per heavy atom. The third kappa shape index (κ3) is 3.91. The van der Waals surface area contributed by atoms with E-state index >= 15 is 0 Å². The predicted octanol–water partition coefficient (Wildman–Crippen LogP) is 2.22. The molecule has 1 N–H and O–H groups in total. The maximum absolute atomic E-state index is 12.1. The average Bonchev–Trinajstić information content (AvgIpc) is 2.38. The fourth-order valence-corrected chi connectivity index (χ4v) is 1.74. The monoisotopic (exact) mass is 287 g/mol. The summed E-state index contributed by atoms with van der Waals surface area (Å²) in [5, 5.41) is 8.99. The molecule has 0 saturated carbocycles. The predicted molar refractivity (Wildman–Crippen MR) is 66.9 cm³/mol. The Hall–Kier alpha value is -2.18. The van der Waals surface area contributed by atoms with Crippen molar-refractivity contribution < 1.29 is 28.2 Å². The van der Waals surface area contributed by atoms with Gasteiger partial charge in [-0.25, -0.2) is 4.79 Å². The highest BCUT2D eigenvalue weighted by molar-refractivity contribution is 5.96. The minimum atomic E-state index is -2.93. The lowest BCUT2D eigenvalue weighted by molar-refractivity contribution is -0.142. The molecule has 5 nitrogen and oxygen atoms in total. The van der Waals surface area contributed by atoms with E-state index in [9.17, 15) is 18.4 Å². The average molecular weight is 287 g/mol. The van der Waals surface area contributed by atoms with Crippen LogP contribution in [0.4, 0.5) is 8.78 Å². The molecule has 1 aromatic carbocycles. The number of aliphatic carboxylic acids is 1. The number of hydrogen-bond acceptors (Lipinski definition) is 3. The van der Waals surface area contributed by atoms with E-state index in [1.54, 1.807) is 6.92 Å². The van der Waals surface area contributed by atoms with Crippen molar-refractivity contribution in [3.8, 4) is 5.75 Å². The third-order valence-electron chi connectivity index (χ3n) is 2.79. The number of rotatable bonds is 6. The molecule has 0 aliphatic rings. The van der Waals surface area contributed by atoms with Gasteiger partial charge in [0.25, 0.3) is 5.91 Å². The quantitative estimate of drug-likeness (QED) is 0.871. The molecule has 0 aromatic heterocycles. The van der Waals surface area contributed by atoms with E-state index in [0.29, 0.717) is 0 Å². The van der Waals surface area contributed by atoms with Crippen molar-refractivity contribution in [3.63, 3.8) is 0 Å². The first-order chi connectivity index (χ1) is 9.36. The molecule has 1 amide bonds. The summed E-state index contributed by atoms with van der Waals surface area (Å²) < 4.78 is 28.1. The van der Waals surface area contributed by atoms with E-state index in [0.717, 1.165) is 4.90 Å². The highest BCUT2D eigenvalue weighted by atomic mass is 19.3. The second kappa shape index (κ2) is 6.83. The molecule has 1 rings (SSSR count). The van der Waals surface area contributed by atoms with Crippen molar-refractivity contribution in [1.82, 2.24) is 4.90 Å². The smallest absolute Gasteiger partial charge is 0.387 e. The SMILES string of the molecule is CCC(C(=O)O)N(C)C(=O)c1ccc(OC(F)F)cc1. The lowest BCUT2D eigenvalue weighted by Gasteiger charge is -2.23. The minimum absolute atomic E-state index is 0.0653. The molecule has 1 aromatic rings. The van der Waals surface area contributed by atoms with Gasteiger partial charge in [-0.3, -0.25) is 4.79 Å². The van der Waals surface area contributed by atoms with E-state index in [1.807, 2.05) is 0 Å². The van der Waals surface area contributed by atoms with Crippen LogP contribution in [-0.4, -0.2) is 41.6 Å². The van der Waals surface area contributed by atoms with Gasteiger partial charge in [0.2, 0.25) is 0 Å². The van der Waals surface area contributed by atoms with Crippen LogP contribution in [0.1, 0.15) is 23.7 Å². The number of hydrogen-bond donors (Lipinski definition) is 1. The first-order valence-corrected chi connectivity index (χ1v) is 5.91. The standard InChI is InChI=1S/C13H15F2NO4/c1-3-10(12(18)19)16(2)11(17)8-4-6-9(7-5-8)20-13(14)15/h4-7,10,13H,3H2,1-2H3,(H,18,19). The van der Waals surface area contributed by atoms with E-state index in [2.05, 4.69) is 4.74 Å². The number of carbonyl (C=O) groups excluding carboxylic acids is 1. The number of likely N-dealkylation sites (N-methyl/N-ethyl adjacent to an activating group) is 1. The molecule has 0 aliphatic heterocycles. The Morgan fingerprint density at radius 1 is 1.30 bits per heavy atom. The number of carboxylic acid groups (broad SMARTS) is 1. The van der Waals surface area contributed by atoms with Crippen LogP contribution in [-0.2, 0) is 4.79 Å². The molecule has 20 heavy (non-hydrogen) atoms. The zero-order valence-corrected chi connectivity index (χ0v) is 11.0. The number of carbonyl (C=O) groups is 2. The molecule has 1 atom stereocenters. The molecule has 0 bridgehead atoms. The molecule has 0 heterocycles. The second-order valence-electron chi connectivity index (χ2n) is 4.08. The molecule has 0 radical (unpaired) electrons. The van der Waals surface area contributed by atoms with E-state index in [4.69, 9.17) is 5.11 Å². The lowest BCUT2D eigenvalue weighted by atomic mass is 10.1. The Labute approximate surface area is 114 Å². The summed E-state index contributed by atoms with van der Waals surface area (Å²) in [5.74, 6) is -1.66. The van der Waals surface area contributed by atoms with Crippen molar-refractivity contribution in [2.24, 2.45) is 0 Å². The molecule has 7 heteroatoms. The van der Waals surface area contributed by atoms with E-state index in [1.165, 1.54) is 31.3 Å². The Bertz CT molecular complexity index is 476. The molecule has 0 fully saturated rings. The Balaban J connectivity index is 2.84. The van der Waals surface area contributed by atoms with Crippen LogP contribution in [0.15, 0.2) is 24.3 Å². The maximum atomic E-state index is 12.1. The van der Waals surface area contributed by atoms with Crippen LogP contribution < -0.4 is 4.74 Å². The fourth-order valence-electron chi connectivity index (χ4n) is 1.74. The van der Waals surface area contributed by atoms with Gasteiger partial charge >= 0.3 is 12.6 Å². The van der Waals surface area contributed by atoms with Crippen LogP contribution in [0.3, 0.4) is 0 Å². The maximum Gasteiger partial charge on any atom is 0.387 e. The van der Waals surface area contributed by atoms with Gasteiger partial charge in [-0.05, 0) is 30.7 Å². The van der Waals surface area contributed by atoms with E-state index < -0.39 is 24.5 Å². The Morgan fingerprint density at radius 2 is 1.85 bits per heavy atom. The van der Waals surface area contributed by atoms with Gasteiger partial charge in [0.1, 0.15) is 11.8 Å². The van der Waals surface area contributed by atoms with Gasteiger partial charge in [-0.1, -0.05) is 6.92 Å². The normalized spacial score (nSPS) is 12.1. The van der Waals surface area contributed by atoms with Crippen molar-refractivity contribution in [2.75, 3.05) is 7.05 Å². The zero-order valence-electron chi connectivity index (χ0n) is 11.0. The Kier molecular flexibility index (Phi) is 5.42. The van der Waals surface area contributed by atoms with Crippen molar-refractivity contribution in [3.05, 3.63) is 29.8 Å². The van der Waals surface area contributed by atoms with Gasteiger partial charge < -0.3 is 14.7 Å². The fraction of sp³-hybridized carbons (Fsp3) is 0.385. The number of carboxylic acids is 1. The highest BCUT2D eigenvalue weighted by Crippen LogP contribution is 2.17. The first-order valence-electron chi connectivity index (χ1n) is 5.91. The summed E-state index contributed by atoms with van der Waals surface area (Å²) in [4.78, 5) is 24.1. The zero-order chi connectivity index (χ0) is 15.3. The topological polar surface area (TPSA) is 66.8 Å². The highest BCUT2D eigenvalue weighted by Gasteiger charge is 2.25. The third-order valence-corrected chi connectivity index (χ3v) is 2.79. The molecule has 1 unspecified atom stereocenters. The first kappa shape index (κ1) is 15.9. The molecule has 0 spiro atoms. The molecule has 110 valence electrons. The van der Waals surface area contributed by atoms with Crippen LogP contribution >= 0.6 is 0 Å². The van der Waals surface area contributed by atoms with Gasteiger partial charge in [0.15, 0.2) is 0 Å². The summed E-state index contributed by atoms with van der Waals surface area (Å²) in [7, 11) is 1.38. The molecule has 0 aliphatic carbocycles. The molecular weight excluding hydrogens is 272 g/mol. The summed E-state index contributed by atoms with van der Waals surface area (Å²) in [6, 6.07) is 4.15. The van der Waals surface area contributed by atoms with Crippen LogP contribution in [0.25, 0.3) is 0 Å². The largest absolute Gasteiger partial charge is 0.480 e. The number of ether oxygens (including phenoxy) is 1. The summed E-state index contributed by atoms with van der Waals surface area (Å²) in [6.45, 7) is -1.28. The van der Waals surface area contributed by atoms with Gasteiger partial charge in [0.05, 0.1) is 0 Å². The van der Waals surface area contributed by atoms with Gasteiger partial charge in [-0.2, -0.15) is 8.78 Å².